The van der Waals surface area contributed by atoms with Gasteiger partial charge in [-0.25, -0.2) is 4.98 Å². The van der Waals surface area contributed by atoms with Crippen LogP contribution in [-0.4, -0.2) is 28.9 Å². The molecule has 5 heteroatoms. The molecule has 0 radical (unpaired) electrons. The summed E-state index contributed by atoms with van der Waals surface area (Å²) in [6.07, 6.45) is 1.67. The summed E-state index contributed by atoms with van der Waals surface area (Å²) < 4.78 is 0. The van der Waals surface area contributed by atoms with E-state index in [2.05, 4.69) is 18.8 Å². The van der Waals surface area contributed by atoms with Gasteiger partial charge in [-0.15, -0.1) is 0 Å². The van der Waals surface area contributed by atoms with Crippen molar-refractivity contribution < 1.29 is 4.79 Å². The number of rotatable bonds is 6. The Labute approximate surface area is 102 Å². The fourth-order valence-corrected chi connectivity index (χ4v) is 1.77. The van der Waals surface area contributed by atoms with Gasteiger partial charge in [-0.05, 0) is 23.6 Å². The number of hydrogen-bond acceptors (Lipinski definition) is 4. The summed E-state index contributed by atoms with van der Waals surface area (Å²) >= 11 is 0. The molecule has 1 rings (SSSR count). The largest absolute Gasteiger partial charge is 0.384 e. The molecule has 0 saturated heterocycles. The molecule has 0 aromatic carbocycles. The normalized spacial score (nSPS) is 11.1. The Kier molecular flexibility index (Phi) is 4.90. The minimum absolute atomic E-state index is 0.264. The number of hydrogen-bond donors (Lipinski definition) is 2. The van der Waals surface area contributed by atoms with Gasteiger partial charge in [0.15, 0.2) is 0 Å². The molecule has 1 amide bonds. The quantitative estimate of drug-likeness (QED) is 0.757. The van der Waals surface area contributed by atoms with E-state index in [9.17, 15) is 4.79 Å². The Hall–Kier alpha value is -1.62. The lowest BCUT2D eigenvalue weighted by molar-refractivity contribution is -0.119. The van der Waals surface area contributed by atoms with Gasteiger partial charge in [-0.3, -0.25) is 9.69 Å². The zero-order chi connectivity index (χ0) is 12.8. The number of carbonyl (C=O) groups excluding carboxylic acids is 1. The fraction of sp³-hybridized carbons (Fsp3) is 0.500. The number of anilines is 1. The second kappa shape index (κ2) is 6.20. The van der Waals surface area contributed by atoms with Crippen LogP contribution in [0, 0.1) is 5.92 Å². The van der Waals surface area contributed by atoms with Crippen molar-refractivity contribution in [3.8, 4) is 0 Å². The molecule has 0 aliphatic heterocycles. The monoisotopic (exact) mass is 236 g/mol. The van der Waals surface area contributed by atoms with Gasteiger partial charge in [-0.1, -0.05) is 13.8 Å². The molecule has 17 heavy (non-hydrogen) atoms. The van der Waals surface area contributed by atoms with Gasteiger partial charge in [0.05, 0.1) is 6.54 Å². The van der Waals surface area contributed by atoms with Gasteiger partial charge < -0.3 is 11.5 Å². The molecule has 0 spiro atoms. The topological polar surface area (TPSA) is 85.2 Å². The van der Waals surface area contributed by atoms with E-state index in [0.717, 1.165) is 12.1 Å². The van der Waals surface area contributed by atoms with Crippen molar-refractivity contribution in [1.82, 2.24) is 9.88 Å². The van der Waals surface area contributed by atoms with Crippen LogP contribution in [0.1, 0.15) is 19.4 Å². The molecule has 0 aliphatic rings. The zero-order valence-corrected chi connectivity index (χ0v) is 10.4. The van der Waals surface area contributed by atoms with Crippen LogP contribution in [0.3, 0.4) is 0 Å². The molecule has 0 aliphatic carbocycles. The summed E-state index contributed by atoms with van der Waals surface area (Å²) in [6.45, 7) is 5.96. The minimum Gasteiger partial charge on any atom is -0.384 e. The highest BCUT2D eigenvalue weighted by Gasteiger charge is 2.11. The Balaban J connectivity index is 2.67. The summed E-state index contributed by atoms with van der Waals surface area (Å²) in [5.41, 5.74) is 11.9. The number of nitrogens with zero attached hydrogens (tertiary/aromatic N) is 2. The van der Waals surface area contributed by atoms with Crippen LogP contribution in [0.15, 0.2) is 18.3 Å². The standard InChI is InChI=1S/C12H20N4O/c1-9(2)6-16(8-12(14)17)7-10-3-4-15-11(13)5-10/h3-5,9H,6-8H2,1-2H3,(H2,13,15)(H2,14,17). The van der Waals surface area contributed by atoms with Gasteiger partial charge in [0.2, 0.25) is 5.91 Å². The molecular weight excluding hydrogens is 216 g/mol. The van der Waals surface area contributed by atoms with Crippen molar-refractivity contribution in [2.45, 2.75) is 20.4 Å². The highest BCUT2D eigenvalue weighted by Crippen LogP contribution is 2.08. The van der Waals surface area contributed by atoms with E-state index in [1.807, 2.05) is 17.0 Å². The second-order valence-corrected chi connectivity index (χ2v) is 4.62. The van der Waals surface area contributed by atoms with Crippen molar-refractivity contribution in [2.75, 3.05) is 18.8 Å². The maximum atomic E-state index is 11.0. The van der Waals surface area contributed by atoms with Gasteiger partial charge in [0.1, 0.15) is 5.82 Å². The van der Waals surface area contributed by atoms with Crippen LogP contribution in [-0.2, 0) is 11.3 Å². The van der Waals surface area contributed by atoms with Crippen molar-refractivity contribution in [3.63, 3.8) is 0 Å². The van der Waals surface area contributed by atoms with E-state index in [0.29, 0.717) is 18.3 Å². The Morgan fingerprint density at radius 1 is 1.53 bits per heavy atom. The first-order valence-electron chi connectivity index (χ1n) is 5.68. The third kappa shape index (κ3) is 5.31. The van der Waals surface area contributed by atoms with Gasteiger partial charge in [0.25, 0.3) is 0 Å². The van der Waals surface area contributed by atoms with Crippen LogP contribution >= 0.6 is 0 Å². The molecule has 0 unspecified atom stereocenters. The van der Waals surface area contributed by atoms with Crippen LogP contribution in [0.5, 0.6) is 0 Å². The zero-order valence-electron chi connectivity index (χ0n) is 10.4. The van der Waals surface area contributed by atoms with Gasteiger partial charge in [-0.2, -0.15) is 0 Å². The summed E-state index contributed by atoms with van der Waals surface area (Å²) in [4.78, 5) is 16.9. The number of amides is 1. The van der Waals surface area contributed by atoms with Crippen LogP contribution in [0.25, 0.3) is 0 Å². The molecule has 5 nitrogen and oxygen atoms in total. The molecule has 0 fully saturated rings. The fourth-order valence-electron chi connectivity index (χ4n) is 1.77. The number of nitrogens with two attached hydrogens (primary N) is 2. The lowest BCUT2D eigenvalue weighted by atomic mass is 10.2. The molecule has 0 atom stereocenters. The average Bonchev–Trinajstić information content (AvgIpc) is 2.14. The van der Waals surface area contributed by atoms with E-state index in [-0.39, 0.29) is 12.5 Å². The van der Waals surface area contributed by atoms with Gasteiger partial charge >= 0.3 is 0 Å². The van der Waals surface area contributed by atoms with Gasteiger partial charge in [0, 0.05) is 19.3 Å². The highest BCUT2D eigenvalue weighted by atomic mass is 16.1. The molecule has 1 aromatic rings. The number of primary amides is 1. The maximum absolute atomic E-state index is 11.0. The Bertz CT molecular complexity index is 379. The van der Waals surface area contributed by atoms with Crippen LogP contribution in [0.2, 0.25) is 0 Å². The summed E-state index contributed by atoms with van der Waals surface area (Å²) in [5, 5.41) is 0. The molecule has 4 N–H and O–H groups in total. The molecule has 1 heterocycles. The average molecular weight is 236 g/mol. The van der Waals surface area contributed by atoms with Crippen molar-refractivity contribution in [2.24, 2.45) is 11.7 Å². The Morgan fingerprint density at radius 2 is 2.24 bits per heavy atom. The van der Waals surface area contributed by atoms with Crippen molar-refractivity contribution in [3.05, 3.63) is 23.9 Å². The number of nitrogen functional groups attached to an aromatic ring is 1. The summed E-state index contributed by atoms with van der Waals surface area (Å²) in [5.74, 6) is 0.660. The van der Waals surface area contributed by atoms with Crippen LogP contribution in [0.4, 0.5) is 5.82 Å². The van der Waals surface area contributed by atoms with E-state index in [1.165, 1.54) is 0 Å². The third-order valence-corrected chi connectivity index (χ3v) is 2.25. The second-order valence-electron chi connectivity index (χ2n) is 4.62. The molecular formula is C12H20N4O. The molecule has 94 valence electrons. The lowest BCUT2D eigenvalue weighted by Gasteiger charge is -2.22. The number of pyridine rings is 1. The first-order chi connectivity index (χ1) is 7.97. The van der Waals surface area contributed by atoms with Crippen molar-refractivity contribution in [1.29, 1.82) is 0 Å². The van der Waals surface area contributed by atoms with E-state index in [1.54, 1.807) is 6.20 Å². The molecule has 0 bridgehead atoms. The highest BCUT2D eigenvalue weighted by molar-refractivity contribution is 5.75. The van der Waals surface area contributed by atoms with E-state index < -0.39 is 0 Å². The van der Waals surface area contributed by atoms with E-state index in [4.69, 9.17) is 11.5 Å². The first-order valence-corrected chi connectivity index (χ1v) is 5.68. The van der Waals surface area contributed by atoms with Crippen molar-refractivity contribution >= 4 is 11.7 Å². The lowest BCUT2D eigenvalue weighted by Crippen LogP contribution is -2.35. The molecule has 0 saturated carbocycles. The third-order valence-electron chi connectivity index (χ3n) is 2.25. The summed E-state index contributed by atoms with van der Waals surface area (Å²) in [7, 11) is 0. The molecule has 1 aromatic heterocycles. The van der Waals surface area contributed by atoms with E-state index >= 15 is 0 Å². The van der Waals surface area contributed by atoms with Crippen LogP contribution < -0.4 is 11.5 Å². The SMILES string of the molecule is CC(C)CN(CC(N)=O)Cc1ccnc(N)c1. The maximum Gasteiger partial charge on any atom is 0.231 e. The minimum atomic E-state index is -0.312. The first kappa shape index (κ1) is 13.4. The Morgan fingerprint density at radius 3 is 2.76 bits per heavy atom. The summed E-state index contributed by atoms with van der Waals surface area (Å²) in [6, 6.07) is 3.71. The predicted octanol–water partition coefficient (Wildman–Crippen LogP) is 0.607. The number of aromatic nitrogens is 1. The smallest absolute Gasteiger partial charge is 0.231 e. The number of carbonyl (C=O) groups is 1. The predicted molar refractivity (Wildman–Crippen MR) is 68.0 cm³/mol.